The van der Waals surface area contributed by atoms with Gasteiger partial charge < -0.3 is 10.2 Å². The molecule has 0 saturated heterocycles. The second-order valence-corrected chi connectivity index (χ2v) is 5.60. The van der Waals surface area contributed by atoms with E-state index in [0.29, 0.717) is 18.1 Å². The molecular formula is C20H19FN4O. The summed E-state index contributed by atoms with van der Waals surface area (Å²) < 4.78 is 13.7. The van der Waals surface area contributed by atoms with Crippen LogP contribution in [-0.4, -0.2) is 22.4 Å². The number of nitrogens with one attached hydrogen (secondary N) is 1. The number of rotatable bonds is 6. The van der Waals surface area contributed by atoms with Gasteiger partial charge in [0.2, 0.25) is 5.95 Å². The largest absolute Gasteiger partial charge is 0.347 e. The zero-order valence-electron chi connectivity index (χ0n) is 14.4. The van der Waals surface area contributed by atoms with E-state index in [9.17, 15) is 9.18 Å². The van der Waals surface area contributed by atoms with Crippen LogP contribution in [0.2, 0.25) is 0 Å². The maximum Gasteiger partial charge on any atom is 0.270 e. The number of anilines is 2. The molecule has 0 unspecified atom stereocenters. The van der Waals surface area contributed by atoms with Crippen molar-refractivity contribution in [1.29, 1.82) is 0 Å². The van der Waals surface area contributed by atoms with Crippen LogP contribution >= 0.6 is 0 Å². The Labute approximate surface area is 151 Å². The van der Waals surface area contributed by atoms with Gasteiger partial charge in [-0.25, -0.2) is 14.4 Å². The molecule has 3 aromatic rings. The van der Waals surface area contributed by atoms with E-state index in [-0.39, 0.29) is 24.0 Å². The lowest BCUT2D eigenvalue weighted by Crippen LogP contribution is -2.26. The minimum atomic E-state index is -0.374. The summed E-state index contributed by atoms with van der Waals surface area (Å²) in [7, 11) is 0. The lowest BCUT2D eigenvalue weighted by Gasteiger charge is -2.21. The topological polar surface area (TPSA) is 58.1 Å². The Morgan fingerprint density at radius 2 is 1.81 bits per heavy atom. The molecule has 5 nitrogen and oxygen atoms in total. The molecule has 0 aliphatic heterocycles. The third kappa shape index (κ3) is 4.03. The van der Waals surface area contributed by atoms with E-state index in [1.54, 1.807) is 30.5 Å². The number of carbonyl (C=O) groups is 1. The molecule has 6 heteroatoms. The zero-order chi connectivity index (χ0) is 18.4. The van der Waals surface area contributed by atoms with Gasteiger partial charge in [-0.3, -0.25) is 4.79 Å². The predicted molar refractivity (Wildman–Crippen MR) is 98.7 cm³/mol. The van der Waals surface area contributed by atoms with Crippen molar-refractivity contribution >= 4 is 17.5 Å². The van der Waals surface area contributed by atoms with Gasteiger partial charge in [-0.05, 0) is 31.2 Å². The summed E-state index contributed by atoms with van der Waals surface area (Å²) in [5.74, 6) is -0.282. The van der Waals surface area contributed by atoms with Gasteiger partial charge in [0.1, 0.15) is 11.5 Å². The fourth-order valence-electron chi connectivity index (χ4n) is 2.56. The van der Waals surface area contributed by atoms with Gasteiger partial charge in [-0.2, -0.15) is 0 Å². The number of nitrogens with zero attached hydrogens (tertiary/aromatic N) is 3. The van der Waals surface area contributed by atoms with Crippen molar-refractivity contribution in [3.8, 4) is 0 Å². The van der Waals surface area contributed by atoms with E-state index < -0.39 is 0 Å². The number of amides is 1. The number of hydrogen-bond acceptors (Lipinski definition) is 4. The van der Waals surface area contributed by atoms with Crippen LogP contribution in [0.15, 0.2) is 66.9 Å². The second kappa shape index (κ2) is 8.20. The minimum absolute atomic E-state index is 0.0982. The monoisotopic (exact) mass is 350 g/mol. The molecule has 0 spiro atoms. The van der Waals surface area contributed by atoms with Crippen LogP contribution in [-0.2, 0) is 6.54 Å². The molecule has 132 valence electrons. The molecule has 1 N–H and O–H groups in total. The molecule has 1 amide bonds. The zero-order valence-corrected chi connectivity index (χ0v) is 14.4. The SMILES string of the molecule is CCN(c1ccccc1)c1nccc(C(=O)NCc2ccccc2F)n1. The molecule has 0 aliphatic rings. The van der Waals surface area contributed by atoms with E-state index >= 15 is 0 Å². The molecule has 3 rings (SSSR count). The van der Waals surface area contributed by atoms with Crippen LogP contribution < -0.4 is 10.2 Å². The first-order valence-electron chi connectivity index (χ1n) is 8.36. The van der Waals surface area contributed by atoms with Gasteiger partial charge >= 0.3 is 0 Å². The van der Waals surface area contributed by atoms with Crippen molar-refractivity contribution in [1.82, 2.24) is 15.3 Å². The first-order chi connectivity index (χ1) is 12.7. The average Bonchev–Trinajstić information content (AvgIpc) is 2.69. The highest BCUT2D eigenvalue weighted by Crippen LogP contribution is 2.21. The average molecular weight is 350 g/mol. The summed E-state index contributed by atoms with van der Waals surface area (Å²) in [5, 5.41) is 2.69. The normalized spacial score (nSPS) is 10.4. The standard InChI is InChI=1S/C20H19FN4O/c1-2-25(16-9-4-3-5-10-16)20-22-13-12-18(24-20)19(26)23-14-15-8-6-7-11-17(15)21/h3-13H,2,14H2,1H3,(H,23,26). The highest BCUT2D eigenvalue weighted by atomic mass is 19.1. The van der Waals surface area contributed by atoms with Gasteiger partial charge in [-0.1, -0.05) is 36.4 Å². The lowest BCUT2D eigenvalue weighted by atomic mass is 10.2. The number of benzene rings is 2. The summed E-state index contributed by atoms with van der Waals surface area (Å²) in [5.41, 5.74) is 1.61. The Morgan fingerprint density at radius 3 is 2.54 bits per heavy atom. The van der Waals surface area contributed by atoms with Gasteiger partial charge in [0.05, 0.1) is 0 Å². The Morgan fingerprint density at radius 1 is 1.08 bits per heavy atom. The molecule has 0 atom stereocenters. The van der Waals surface area contributed by atoms with Crippen LogP contribution in [0.5, 0.6) is 0 Å². The minimum Gasteiger partial charge on any atom is -0.347 e. The van der Waals surface area contributed by atoms with E-state index in [1.165, 1.54) is 6.07 Å². The third-order valence-corrected chi connectivity index (χ3v) is 3.90. The summed E-state index contributed by atoms with van der Waals surface area (Å²) in [6.07, 6.45) is 1.55. The number of halogens is 1. The van der Waals surface area contributed by atoms with Crippen LogP contribution in [0.1, 0.15) is 23.0 Å². The molecule has 1 heterocycles. The maximum absolute atomic E-state index is 13.7. The number of hydrogen-bond donors (Lipinski definition) is 1. The highest BCUT2D eigenvalue weighted by Gasteiger charge is 2.14. The molecule has 0 saturated carbocycles. The predicted octanol–water partition coefficient (Wildman–Crippen LogP) is 3.70. The summed E-state index contributed by atoms with van der Waals surface area (Å²) in [6, 6.07) is 17.6. The molecule has 1 aromatic heterocycles. The fourth-order valence-corrected chi connectivity index (χ4v) is 2.56. The molecule has 26 heavy (non-hydrogen) atoms. The fraction of sp³-hybridized carbons (Fsp3) is 0.150. The number of carbonyl (C=O) groups excluding carboxylic acids is 1. The summed E-state index contributed by atoms with van der Waals surface area (Å²) in [6.45, 7) is 2.74. The summed E-state index contributed by atoms with van der Waals surface area (Å²) in [4.78, 5) is 22.9. The molecule has 0 aliphatic carbocycles. The van der Waals surface area contributed by atoms with Crippen molar-refractivity contribution in [3.05, 3.63) is 83.9 Å². The highest BCUT2D eigenvalue weighted by molar-refractivity contribution is 5.92. The van der Waals surface area contributed by atoms with E-state index in [0.717, 1.165) is 5.69 Å². The Hall–Kier alpha value is -3.28. The van der Waals surface area contributed by atoms with Crippen LogP contribution in [0, 0.1) is 5.82 Å². The van der Waals surface area contributed by atoms with Crippen LogP contribution in [0.25, 0.3) is 0 Å². The van der Waals surface area contributed by atoms with Crippen molar-refractivity contribution < 1.29 is 9.18 Å². The second-order valence-electron chi connectivity index (χ2n) is 5.60. The number of para-hydroxylation sites is 1. The quantitative estimate of drug-likeness (QED) is 0.736. The number of aromatic nitrogens is 2. The first-order valence-corrected chi connectivity index (χ1v) is 8.36. The van der Waals surface area contributed by atoms with Crippen LogP contribution in [0.4, 0.5) is 16.0 Å². The molecule has 0 fully saturated rings. The Kier molecular flexibility index (Phi) is 5.53. The van der Waals surface area contributed by atoms with Crippen molar-refractivity contribution in [2.45, 2.75) is 13.5 Å². The Bertz CT molecular complexity index is 886. The molecular weight excluding hydrogens is 331 g/mol. The van der Waals surface area contributed by atoms with Crippen molar-refractivity contribution in [3.63, 3.8) is 0 Å². The molecule has 2 aromatic carbocycles. The van der Waals surface area contributed by atoms with Gasteiger partial charge in [0.25, 0.3) is 5.91 Å². The smallest absolute Gasteiger partial charge is 0.270 e. The molecule has 0 bridgehead atoms. The van der Waals surface area contributed by atoms with Crippen molar-refractivity contribution in [2.75, 3.05) is 11.4 Å². The van der Waals surface area contributed by atoms with Crippen molar-refractivity contribution in [2.24, 2.45) is 0 Å². The van der Waals surface area contributed by atoms with Gasteiger partial charge in [0.15, 0.2) is 0 Å². The third-order valence-electron chi connectivity index (χ3n) is 3.90. The molecule has 0 radical (unpaired) electrons. The summed E-state index contributed by atoms with van der Waals surface area (Å²) >= 11 is 0. The van der Waals surface area contributed by atoms with Gasteiger partial charge in [0, 0.05) is 30.5 Å². The lowest BCUT2D eigenvalue weighted by molar-refractivity contribution is 0.0945. The Balaban J connectivity index is 1.76. The maximum atomic E-state index is 13.7. The van der Waals surface area contributed by atoms with E-state index in [4.69, 9.17) is 0 Å². The van der Waals surface area contributed by atoms with Gasteiger partial charge in [-0.15, -0.1) is 0 Å². The van der Waals surface area contributed by atoms with E-state index in [2.05, 4.69) is 15.3 Å². The van der Waals surface area contributed by atoms with Crippen LogP contribution in [0.3, 0.4) is 0 Å². The van der Waals surface area contributed by atoms with E-state index in [1.807, 2.05) is 42.2 Å². The first kappa shape index (κ1) is 17.5.